The fourth-order valence-electron chi connectivity index (χ4n) is 3.54. The second-order valence-electron chi connectivity index (χ2n) is 6.84. The van der Waals surface area contributed by atoms with Gasteiger partial charge in [0, 0.05) is 12.8 Å². The molecule has 0 saturated carbocycles. The number of carbonyl (C=O) groups is 2. The van der Waals surface area contributed by atoms with Gasteiger partial charge in [-0.2, -0.15) is 0 Å². The number of benzene rings is 2. The van der Waals surface area contributed by atoms with E-state index >= 15 is 0 Å². The van der Waals surface area contributed by atoms with Crippen LogP contribution in [0.25, 0.3) is 11.1 Å². The Morgan fingerprint density at radius 1 is 1.07 bits per heavy atom. The number of esters is 1. The summed E-state index contributed by atoms with van der Waals surface area (Å²) >= 11 is 0. The largest absolute Gasteiger partial charge is 0.464 e. The third-order valence-electron chi connectivity index (χ3n) is 4.87. The Hall–Kier alpha value is -3.08. The third-order valence-corrected chi connectivity index (χ3v) is 4.87. The number of amides is 1. The van der Waals surface area contributed by atoms with Gasteiger partial charge in [0.2, 0.25) is 0 Å². The van der Waals surface area contributed by atoms with Crippen molar-refractivity contribution in [3.05, 3.63) is 72.3 Å². The van der Waals surface area contributed by atoms with E-state index in [2.05, 4.69) is 36.2 Å². The minimum atomic E-state index is -0.511. The Labute approximate surface area is 165 Å². The van der Waals surface area contributed by atoms with Gasteiger partial charge in [0.15, 0.2) is 0 Å². The normalized spacial score (nSPS) is 13.2. The molecule has 0 fully saturated rings. The number of allylic oxidation sites excluding steroid dienone is 1. The van der Waals surface area contributed by atoms with Gasteiger partial charge >= 0.3 is 12.1 Å². The molecule has 1 aliphatic rings. The zero-order valence-corrected chi connectivity index (χ0v) is 16.0. The second kappa shape index (κ2) is 9.22. The highest BCUT2D eigenvalue weighted by Gasteiger charge is 2.29. The molecule has 5 nitrogen and oxygen atoms in total. The molecular weight excluding hydrogens is 354 g/mol. The van der Waals surface area contributed by atoms with Crippen LogP contribution in [-0.2, 0) is 14.3 Å². The molecule has 2 aromatic rings. The molecule has 28 heavy (non-hydrogen) atoms. The number of hydrogen-bond donors (Lipinski definition) is 1. The van der Waals surface area contributed by atoms with E-state index in [4.69, 9.17) is 9.47 Å². The van der Waals surface area contributed by atoms with Gasteiger partial charge in [0.05, 0.1) is 6.04 Å². The molecule has 0 aromatic heterocycles. The molecule has 0 heterocycles. The Kier molecular flexibility index (Phi) is 6.48. The highest BCUT2D eigenvalue weighted by molar-refractivity contribution is 5.79. The smallest absolute Gasteiger partial charge is 0.407 e. The van der Waals surface area contributed by atoms with Crippen molar-refractivity contribution in [2.75, 3.05) is 13.2 Å². The molecule has 0 saturated heterocycles. The molecule has 5 heteroatoms. The second-order valence-corrected chi connectivity index (χ2v) is 6.84. The van der Waals surface area contributed by atoms with Gasteiger partial charge in [0.1, 0.15) is 13.2 Å². The summed E-state index contributed by atoms with van der Waals surface area (Å²) in [6.45, 7) is 5.40. The summed E-state index contributed by atoms with van der Waals surface area (Å²) in [6.07, 6.45) is 2.58. The first-order chi connectivity index (χ1) is 13.6. The van der Waals surface area contributed by atoms with Crippen LogP contribution >= 0.6 is 0 Å². The van der Waals surface area contributed by atoms with Crippen LogP contribution in [0.4, 0.5) is 4.79 Å². The lowest BCUT2D eigenvalue weighted by Crippen LogP contribution is -2.39. The standard InChI is InChI=1S/C23H25NO4/c1-3-4-9-17(14-27-16(2)25)24-23(26)28-15-22-20-12-7-5-10-18(20)19-11-6-8-13-21(19)22/h3,5-8,10-13,17,22H,1,4,9,14-15H2,2H3,(H,24,26). The summed E-state index contributed by atoms with van der Waals surface area (Å²) in [5, 5.41) is 2.79. The highest BCUT2D eigenvalue weighted by Crippen LogP contribution is 2.44. The number of rotatable bonds is 8. The first-order valence-corrected chi connectivity index (χ1v) is 9.46. The summed E-state index contributed by atoms with van der Waals surface area (Å²) in [4.78, 5) is 23.4. The molecule has 3 rings (SSSR count). The summed E-state index contributed by atoms with van der Waals surface area (Å²) in [5.41, 5.74) is 4.70. The van der Waals surface area contributed by atoms with Crippen molar-refractivity contribution >= 4 is 12.1 Å². The molecule has 0 spiro atoms. The summed E-state index contributed by atoms with van der Waals surface area (Å²) in [7, 11) is 0. The van der Waals surface area contributed by atoms with E-state index in [9.17, 15) is 9.59 Å². The number of alkyl carbamates (subject to hydrolysis) is 1. The zero-order valence-electron chi connectivity index (χ0n) is 16.0. The Morgan fingerprint density at radius 2 is 1.68 bits per heavy atom. The van der Waals surface area contributed by atoms with Crippen molar-refractivity contribution in [1.82, 2.24) is 5.32 Å². The number of nitrogens with one attached hydrogen (secondary N) is 1. The maximum Gasteiger partial charge on any atom is 0.407 e. The summed E-state index contributed by atoms with van der Waals surface area (Å²) < 4.78 is 10.6. The van der Waals surface area contributed by atoms with Crippen LogP contribution in [0.15, 0.2) is 61.2 Å². The van der Waals surface area contributed by atoms with E-state index in [-0.39, 0.29) is 31.1 Å². The summed E-state index contributed by atoms with van der Waals surface area (Å²) in [5.74, 6) is -0.365. The Bertz CT molecular complexity index is 816. The van der Waals surface area contributed by atoms with Gasteiger partial charge < -0.3 is 14.8 Å². The average molecular weight is 379 g/mol. The van der Waals surface area contributed by atoms with Gasteiger partial charge in [-0.1, -0.05) is 54.6 Å². The van der Waals surface area contributed by atoms with Crippen molar-refractivity contribution in [2.24, 2.45) is 0 Å². The van der Waals surface area contributed by atoms with Crippen LogP contribution in [0.1, 0.15) is 36.8 Å². The van der Waals surface area contributed by atoms with Gasteiger partial charge in [0.25, 0.3) is 0 Å². The molecular formula is C23H25NO4. The molecule has 0 bridgehead atoms. The van der Waals surface area contributed by atoms with E-state index in [0.29, 0.717) is 12.8 Å². The van der Waals surface area contributed by atoms with Gasteiger partial charge in [-0.25, -0.2) is 4.79 Å². The lowest BCUT2D eigenvalue weighted by atomic mass is 9.98. The van der Waals surface area contributed by atoms with Crippen LogP contribution in [-0.4, -0.2) is 31.3 Å². The van der Waals surface area contributed by atoms with Crippen molar-refractivity contribution in [2.45, 2.75) is 31.7 Å². The minimum absolute atomic E-state index is 0.0123. The predicted octanol–water partition coefficient (Wildman–Crippen LogP) is 4.42. The quantitative estimate of drug-likeness (QED) is 0.545. The lowest BCUT2D eigenvalue weighted by Gasteiger charge is -2.19. The highest BCUT2D eigenvalue weighted by atomic mass is 16.6. The van der Waals surface area contributed by atoms with E-state index in [1.54, 1.807) is 6.08 Å². The number of hydrogen-bond acceptors (Lipinski definition) is 4. The van der Waals surface area contributed by atoms with Crippen molar-refractivity contribution < 1.29 is 19.1 Å². The van der Waals surface area contributed by atoms with Crippen LogP contribution in [0.2, 0.25) is 0 Å². The van der Waals surface area contributed by atoms with Crippen molar-refractivity contribution in [1.29, 1.82) is 0 Å². The zero-order chi connectivity index (χ0) is 19.9. The fraction of sp³-hybridized carbons (Fsp3) is 0.304. The molecule has 1 N–H and O–H groups in total. The first kappa shape index (κ1) is 19.7. The van der Waals surface area contributed by atoms with E-state index in [1.165, 1.54) is 29.2 Å². The molecule has 1 amide bonds. The Morgan fingerprint density at radius 3 is 2.25 bits per heavy atom. The van der Waals surface area contributed by atoms with Crippen LogP contribution in [0, 0.1) is 0 Å². The topological polar surface area (TPSA) is 64.6 Å². The lowest BCUT2D eigenvalue weighted by molar-refractivity contribution is -0.141. The monoisotopic (exact) mass is 379 g/mol. The predicted molar refractivity (Wildman–Crippen MR) is 108 cm³/mol. The maximum atomic E-state index is 12.3. The summed E-state index contributed by atoms with van der Waals surface area (Å²) in [6, 6.07) is 16.1. The van der Waals surface area contributed by atoms with Crippen LogP contribution in [0.5, 0.6) is 0 Å². The molecule has 1 aliphatic carbocycles. The van der Waals surface area contributed by atoms with Gasteiger partial charge in [-0.05, 0) is 35.1 Å². The average Bonchev–Trinajstić information content (AvgIpc) is 3.02. The van der Waals surface area contributed by atoms with E-state index < -0.39 is 6.09 Å². The van der Waals surface area contributed by atoms with E-state index in [1.807, 2.05) is 24.3 Å². The third kappa shape index (κ3) is 4.60. The van der Waals surface area contributed by atoms with E-state index in [0.717, 1.165) is 0 Å². The molecule has 2 aromatic carbocycles. The van der Waals surface area contributed by atoms with Gasteiger partial charge in [-0.15, -0.1) is 6.58 Å². The SMILES string of the molecule is C=CCCC(COC(C)=O)NC(=O)OCC1c2ccccc2-c2ccccc21. The number of fused-ring (bicyclic) bond motifs is 3. The van der Waals surface area contributed by atoms with Gasteiger partial charge in [-0.3, -0.25) is 4.79 Å². The fourth-order valence-corrected chi connectivity index (χ4v) is 3.54. The van der Waals surface area contributed by atoms with Crippen LogP contribution in [0.3, 0.4) is 0 Å². The van der Waals surface area contributed by atoms with Crippen molar-refractivity contribution in [3.8, 4) is 11.1 Å². The maximum absolute atomic E-state index is 12.3. The first-order valence-electron chi connectivity index (χ1n) is 9.46. The molecule has 0 aliphatic heterocycles. The Balaban J connectivity index is 1.63. The number of carbonyl (C=O) groups excluding carboxylic acids is 2. The van der Waals surface area contributed by atoms with Crippen LogP contribution < -0.4 is 5.32 Å². The minimum Gasteiger partial charge on any atom is -0.464 e. The molecule has 1 atom stereocenters. The molecule has 146 valence electrons. The molecule has 0 radical (unpaired) electrons. The van der Waals surface area contributed by atoms with Crippen molar-refractivity contribution in [3.63, 3.8) is 0 Å². The number of ether oxygens (including phenoxy) is 2. The molecule has 1 unspecified atom stereocenters.